The van der Waals surface area contributed by atoms with Gasteiger partial charge in [0.15, 0.2) is 0 Å². The predicted octanol–water partition coefficient (Wildman–Crippen LogP) is 4.71. The van der Waals surface area contributed by atoms with Crippen LogP contribution in [0.1, 0.15) is 99.3 Å². The summed E-state index contributed by atoms with van der Waals surface area (Å²) in [5.41, 5.74) is -0.571. The first kappa shape index (κ1) is 25.4. The van der Waals surface area contributed by atoms with Crippen molar-refractivity contribution in [3.63, 3.8) is 0 Å². The van der Waals surface area contributed by atoms with E-state index in [0.717, 1.165) is 51.4 Å². The van der Waals surface area contributed by atoms with E-state index in [0.29, 0.717) is 36.0 Å². The maximum Gasteiger partial charge on any atom is 0.306 e. The Labute approximate surface area is 200 Å². The van der Waals surface area contributed by atoms with Gasteiger partial charge in [0.05, 0.1) is 18.3 Å². The zero-order valence-electron chi connectivity index (χ0n) is 21.7. The Morgan fingerprint density at radius 1 is 1.03 bits per heavy atom. The van der Waals surface area contributed by atoms with E-state index in [2.05, 4.69) is 20.8 Å². The second-order valence-corrected chi connectivity index (χ2v) is 13.6. The standard InChI is InChI=1S/C28H48O5/c1-16(7-10-24(32)33-26(2,3)4)19-8-9-20-25-21(15-23(31)28(19,20)6)27(5)12-11-18(29)13-17(27)14-22(25)30/h16-23,25,29-31H,7-15H2,1-6H3/t16?,17?,18-,19?,20?,21?,22-,23+,25?,27+,28-/m1/s1. The van der Waals surface area contributed by atoms with Crippen molar-refractivity contribution in [3.8, 4) is 0 Å². The first-order valence-electron chi connectivity index (χ1n) is 13.5. The van der Waals surface area contributed by atoms with Crippen LogP contribution in [-0.4, -0.2) is 45.2 Å². The molecule has 4 aliphatic carbocycles. The van der Waals surface area contributed by atoms with Crippen LogP contribution in [-0.2, 0) is 9.53 Å². The molecule has 33 heavy (non-hydrogen) atoms. The van der Waals surface area contributed by atoms with Crippen LogP contribution in [0.3, 0.4) is 0 Å². The highest BCUT2D eigenvalue weighted by molar-refractivity contribution is 5.69. The molecule has 0 aromatic carbocycles. The van der Waals surface area contributed by atoms with E-state index in [1.54, 1.807) is 0 Å². The minimum atomic E-state index is -0.459. The summed E-state index contributed by atoms with van der Waals surface area (Å²) in [5.74, 6) is 1.76. The number of hydrogen-bond acceptors (Lipinski definition) is 5. The molecule has 5 heteroatoms. The van der Waals surface area contributed by atoms with Gasteiger partial charge >= 0.3 is 5.97 Å². The molecule has 0 aliphatic heterocycles. The second kappa shape index (κ2) is 8.78. The van der Waals surface area contributed by atoms with Gasteiger partial charge in [-0.1, -0.05) is 20.8 Å². The highest BCUT2D eigenvalue weighted by Crippen LogP contribution is 2.68. The van der Waals surface area contributed by atoms with Gasteiger partial charge in [0.2, 0.25) is 0 Å². The highest BCUT2D eigenvalue weighted by atomic mass is 16.6. The van der Waals surface area contributed by atoms with Gasteiger partial charge in [-0.2, -0.15) is 0 Å². The monoisotopic (exact) mass is 464 g/mol. The van der Waals surface area contributed by atoms with Gasteiger partial charge in [-0.25, -0.2) is 0 Å². The number of carbonyl (C=O) groups excluding carboxylic acids is 1. The van der Waals surface area contributed by atoms with Gasteiger partial charge in [0.25, 0.3) is 0 Å². The Balaban J connectivity index is 1.50. The molecule has 0 bridgehead atoms. The quantitative estimate of drug-likeness (QED) is 0.525. The Hall–Kier alpha value is -0.650. The van der Waals surface area contributed by atoms with E-state index in [-0.39, 0.29) is 41.0 Å². The first-order valence-corrected chi connectivity index (χ1v) is 13.5. The Morgan fingerprint density at radius 2 is 1.73 bits per heavy atom. The average Bonchev–Trinajstić information content (AvgIpc) is 3.06. The molecule has 3 N–H and O–H groups in total. The summed E-state index contributed by atoms with van der Waals surface area (Å²) in [4.78, 5) is 12.3. The molecular weight excluding hydrogens is 416 g/mol. The molecule has 0 radical (unpaired) electrons. The minimum Gasteiger partial charge on any atom is -0.460 e. The van der Waals surface area contributed by atoms with Gasteiger partial charge in [-0.15, -0.1) is 0 Å². The number of ether oxygens (including phenoxy) is 1. The smallest absolute Gasteiger partial charge is 0.306 e. The van der Waals surface area contributed by atoms with E-state index in [4.69, 9.17) is 4.74 Å². The fraction of sp³-hybridized carbons (Fsp3) is 0.964. The molecular formula is C28H48O5. The normalized spacial score (nSPS) is 48.4. The number of aliphatic hydroxyl groups is 3. The minimum absolute atomic E-state index is 0.103. The molecule has 6 unspecified atom stereocenters. The second-order valence-electron chi connectivity index (χ2n) is 13.6. The van der Waals surface area contributed by atoms with Crippen LogP contribution in [0.15, 0.2) is 0 Å². The van der Waals surface area contributed by atoms with Crippen molar-refractivity contribution in [2.45, 2.75) is 123 Å². The van der Waals surface area contributed by atoms with Gasteiger partial charge in [0, 0.05) is 6.42 Å². The lowest BCUT2D eigenvalue weighted by molar-refractivity contribution is -0.207. The van der Waals surface area contributed by atoms with Crippen molar-refractivity contribution in [2.75, 3.05) is 0 Å². The summed E-state index contributed by atoms with van der Waals surface area (Å²) in [7, 11) is 0. The third kappa shape index (κ3) is 4.40. The highest BCUT2D eigenvalue weighted by Gasteiger charge is 2.65. The molecule has 4 aliphatic rings. The van der Waals surface area contributed by atoms with Gasteiger partial charge < -0.3 is 20.1 Å². The van der Waals surface area contributed by atoms with Gasteiger partial charge in [-0.3, -0.25) is 4.79 Å². The van der Waals surface area contributed by atoms with Crippen molar-refractivity contribution in [1.82, 2.24) is 0 Å². The van der Waals surface area contributed by atoms with Crippen LogP contribution in [0.25, 0.3) is 0 Å². The van der Waals surface area contributed by atoms with E-state index in [1.807, 2.05) is 20.8 Å². The zero-order valence-corrected chi connectivity index (χ0v) is 21.7. The topological polar surface area (TPSA) is 87.0 Å². The molecule has 4 fully saturated rings. The third-order valence-corrected chi connectivity index (χ3v) is 10.7. The van der Waals surface area contributed by atoms with Gasteiger partial charge in [-0.05, 0) is 118 Å². The maximum atomic E-state index is 12.3. The fourth-order valence-electron chi connectivity index (χ4n) is 9.07. The molecule has 4 rings (SSSR count). The van der Waals surface area contributed by atoms with Crippen molar-refractivity contribution in [3.05, 3.63) is 0 Å². The van der Waals surface area contributed by atoms with Crippen LogP contribution >= 0.6 is 0 Å². The Morgan fingerprint density at radius 3 is 2.39 bits per heavy atom. The molecule has 4 saturated carbocycles. The third-order valence-electron chi connectivity index (χ3n) is 10.7. The number of fused-ring (bicyclic) bond motifs is 5. The summed E-state index contributed by atoms with van der Waals surface area (Å²) < 4.78 is 5.52. The van der Waals surface area contributed by atoms with E-state index in [1.165, 1.54) is 0 Å². The molecule has 190 valence electrons. The molecule has 0 spiro atoms. The van der Waals surface area contributed by atoms with E-state index < -0.39 is 5.60 Å². The lowest BCUT2D eigenvalue weighted by atomic mass is 9.43. The molecule has 0 aromatic rings. The van der Waals surface area contributed by atoms with Crippen molar-refractivity contribution < 1.29 is 24.9 Å². The number of aliphatic hydroxyl groups excluding tert-OH is 3. The number of esters is 1. The van der Waals surface area contributed by atoms with Crippen LogP contribution in [0, 0.1) is 46.3 Å². The first-order chi connectivity index (χ1) is 15.3. The van der Waals surface area contributed by atoms with Crippen LogP contribution in [0.4, 0.5) is 0 Å². The summed E-state index contributed by atoms with van der Waals surface area (Å²) in [6.07, 6.45) is 6.52. The van der Waals surface area contributed by atoms with E-state index >= 15 is 0 Å². The van der Waals surface area contributed by atoms with Gasteiger partial charge in [0.1, 0.15) is 5.60 Å². The molecule has 0 aromatic heterocycles. The van der Waals surface area contributed by atoms with Crippen LogP contribution in [0.5, 0.6) is 0 Å². The molecule has 5 nitrogen and oxygen atoms in total. The number of rotatable bonds is 4. The largest absolute Gasteiger partial charge is 0.460 e. The molecule has 0 amide bonds. The van der Waals surface area contributed by atoms with Crippen LogP contribution in [0.2, 0.25) is 0 Å². The summed E-state index contributed by atoms with van der Waals surface area (Å²) >= 11 is 0. The fourth-order valence-corrected chi connectivity index (χ4v) is 9.07. The Bertz CT molecular complexity index is 730. The molecule has 11 atom stereocenters. The molecule has 0 saturated heterocycles. The number of hydrogen-bond donors (Lipinski definition) is 3. The SMILES string of the molecule is CC(CCC(=O)OC(C)(C)C)C1CCC2C3C(C[C@H](O)[C@]12C)[C@@]1(C)CC[C@@H](O)CC1C[C@H]3O. The van der Waals surface area contributed by atoms with Crippen LogP contribution < -0.4 is 0 Å². The maximum absolute atomic E-state index is 12.3. The molecule has 0 heterocycles. The summed E-state index contributed by atoms with van der Waals surface area (Å²) in [6, 6.07) is 0. The zero-order chi connectivity index (χ0) is 24.3. The van der Waals surface area contributed by atoms with Crippen molar-refractivity contribution in [1.29, 1.82) is 0 Å². The predicted molar refractivity (Wildman–Crippen MR) is 128 cm³/mol. The lowest BCUT2D eigenvalue weighted by Gasteiger charge is -2.63. The summed E-state index contributed by atoms with van der Waals surface area (Å²) in [6.45, 7) is 12.6. The average molecular weight is 465 g/mol. The lowest BCUT2D eigenvalue weighted by Crippen LogP contribution is -2.62. The van der Waals surface area contributed by atoms with Crippen molar-refractivity contribution in [2.24, 2.45) is 46.3 Å². The van der Waals surface area contributed by atoms with E-state index in [9.17, 15) is 20.1 Å². The number of carbonyl (C=O) groups is 1. The van der Waals surface area contributed by atoms with Crippen molar-refractivity contribution >= 4 is 5.97 Å². The summed E-state index contributed by atoms with van der Waals surface area (Å²) in [5, 5.41) is 33.3. The Kier molecular flexibility index (Phi) is 6.77.